The number of anilines is 2. The fourth-order valence-corrected chi connectivity index (χ4v) is 3.31. The number of benzene rings is 2. The lowest BCUT2D eigenvalue weighted by Gasteiger charge is -2.12. The summed E-state index contributed by atoms with van der Waals surface area (Å²) in [6.07, 6.45) is 1.64. The summed E-state index contributed by atoms with van der Waals surface area (Å²) in [5, 5.41) is 12.0. The van der Waals surface area contributed by atoms with E-state index in [0.717, 1.165) is 22.6 Å². The van der Waals surface area contributed by atoms with E-state index in [1.807, 2.05) is 26.0 Å². The predicted octanol–water partition coefficient (Wildman–Crippen LogP) is 5.11. The van der Waals surface area contributed by atoms with E-state index in [-0.39, 0.29) is 0 Å². The average molecular weight is 442 g/mol. The van der Waals surface area contributed by atoms with E-state index in [1.54, 1.807) is 24.4 Å². The van der Waals surface area contributed by atoms with Crippen molar-refractivity contribution >= 4 is 34.2 Å². The van der Waals surface area contributed by atoms with E-state index in [2.05, 4.69) is 56.1 Å². The van der Waals surface area contributed by atoms with Gasteiger partial charge in [0.15, 0.2) is 0 Å². The standard InChI is InChI=1S/C19H15IN4O/c1-12-9-15(20)10-13(2)18(12)25-17-7-8-22-19(24-17)23-16-5-3-14(11-21)4-6-16/h3-10H,1-2H3,(H,22,23,24). The Hall–Kier alpha value is -2.66. The second kappa shape index (κ2) is 7.49. The van der Waals surface area contributed by atoms with Crippen LogP contribution in [0.1, 0.15) is 16.7 Å². The SMILES string of the molecule is Cc1cc(I)cc(C)c1Oc1ccnc(Nc2ccc(C#N)cc2)n1. The van der Waals surface area contributed by atoms with Crippen LogP contribution in [0.25, 0.3) is 0 Å². The van der Waals surface area contributed by atoms with Gasteiger partial charge in [-0.15, -0.1) is 0 Å². The average Bonchev–Trinajstić information content (AvgIpc) is 2.59. The first-order valence-corrected chi connectivity index (χ1v) is 8.68. The van der Waals surface area contributed by atoms with Crippen LogP contribution >= 0.6 is 22.6 Å². The highest BCUT2D eigenvalue weighted by atomic mass is 127. The summed E-state index contributed by atoms with van der Waals surface area (Å²) in [5.41, 5.74) is 3.53. The second-order valence-corrected chi connectivity index (χ2v) is 6.75. The zero-order chi connectivity index (χ0) is 17.8. The smallest absolute Gasteiger partial charge is 0.230 e. The first-order valence-electron chi connectivity index (χ1n) is 7.60. The maximum atomic E-state index is 8.84. The maximum absolute atomic E-state index is 8.84. The second-order valence-electron chi connectivity index (χ2n) is 5.50. The van der Waals surface area contributed by atoms with Crippen molar-refractivity contribution in [3.05, 3.63) is 68.9 Å². The number of nitrogens with one attached hydrogen (secondary N) is 1. The van der Waals surface area contributed by atoms with Gasteiger partial charge in [-0.05, 0) is 84.0 Å². The molecule has 3 rings (SSSR count). The molecule has 1 aromatic heterocycles. The Labute approximate surface area is 159 Å². The number of ether oxygens (including phenoxy) is 1. The Balaban J connectivity index is 1.81. The lowest BCUT2D eigenvalue weighted by Crippen LogP contribution is -1.99. The van der Waals surface area contributed by atoms with Gasteiger partial charge in [0.05, 0.1) is 11.6 Å². The Morgan fingerprint density at radius 3 is 2.40 bits per heavy atom. The van der Waals surface area contributed by atoms with Crippen molar-refractivity contribution in [2.24, 2.45) is 0 Å². The topological polar surface area (TPSA) is 70.8 Å². The van der Waals surface area contributed by atoms with Gasteiger partial charge in [-0.25, -0.2) is 4.98 Å². The summed E-state index contributed by atoms with van der Waals surface area (Å²) in [4.78, 5) is 8.61. The van der Waals surface area contributed by atoms with Gasteiger partial charge in [0.2, 0.25) is 11.8 Å². The summed E-state index contributed by atoms with van der Waals surface area (Å²) < 4.78 is 7.14. The van der Waals surface area contributed by atoms with Crippen molar-refractivity contribution in [2.45, 2.75) is 13.8 Å². The number of hydrogen-bond acceptors (Lipinski definition) is 5. The van der Waals surface area contributed by atoms with Gasteiger partial charge in [-0.2, -0.15) is 10.2 Å². The van der Waals surface area contributed by atoms with Gasteiger partial charge in [-0.3, -0.25) is 0 Å². The number of rotatable bonds is 4. The minimum absolute atomic E-state index is 0.433. The molecule has 5 nitrogen and oxygen atoms in total. The number of nitriles is 1. The highest BCUT2D eigenvalue weighted by molar-refractivity contribution is 14.1. The Morgan fingerprint density at radius 2 is 1.76 bits per heavy atom. The molecule has 0 aliphatic rings. The minimum atomic E-state index is 0.433. The molecule has 6 heteroatoms. The van der Waals surface area contributed by atoms with E-state index in [4.69, 9.17) is 10.00 Å². The summed E-state index contributed by atoms with van der Waals surface area (Å²) in [6, 6.07) is 15.0. The van der Waals surface area contributed by atoms with Gasteiger partial charge in [-0.1, -0.05) is 0 Å². The normalized spacial score (nSPS) is 10.2. The predicted molar refractivity (Wildman–Crippen MR) is 105 cm³/mol. The Morgan fingerprint density at radius 1 is 1.08 bits per heavy atom. The number of nitrogens with zero attached hydrogens (tertiary/aromatic N) is 3. The highest BCUT2D eigenvalue weighted by Gasteiger charge is 2.09. The molecule has 25 heavy (non-hydrogen) atoms. The molecule has 0 aliphatic heterocycles. The summed E-state index contributed by atoms with van der Waals surface area (Å²) in [5.74, 6) is 1.71. The number of hydrogen-bond donors (Lipinski definition) is 1. The summed E-state index contributed by atoms with van der Waals surface area (Å²) in [6.45, 7) is 4.03. The van der Waals surface area contributed by atoms with Crippen LogP contribution in [-0.4, -0.2) is 9.97 Å². The zero-order valence-electron chi connectivity index (χ0n) is 13.7. The summed E-state index contributed by atoms with van der Waals surface area (Å²) in [7, 11) is 0. The minimum Gasteiger partial charge on any atom is -0.438 e. The van der Waals surface area contributed by atoms with Crippen LogP contribution in [0.4, 0.5) is 11.6 Å². The highest BCUT2D eigenvalue weighted by Crippen LogP contribution is 2.29. The van der Waals surface area contributed by atoms with Crippen molar-refractivity contribution in [3.63, 3.8) is 0 Å². The molecule has 1 heterocycles. The molecule has 124 valence electrons. The van der Waals surface area contributed by atoms with Crippen molar-refractivity contribution in [2.75, 3.05) is 5.32 Å². The third kappa shape index (κ3) is 4.25. The monoisotopic (exact) mass is 442 g/mol. The first-order chi connectivity index (χ1) is 12.0. The molecule has 3 aromatic rings. The molecule has 0 atom stereocenters. The van der Waals surface area contributed by atoms with Gasteiger partial charge < -0.3 is 10.1 Å². The van der Waals surface area contributed by atoms with Crippen LogP contribution in [0.15, 0.2) is 48.7 Å². The van der Waals surface area contributed by atoms with Crippen molar-refractivity contribution in [1.82, 2.24) is 9.97 Å². The molecule has 0 radical (unpaired) electrons. The van der Waals surface area contributed by atoms with Crippen LogP contribution < -0.4 is 10.1 Å². The van der Waals surface area contributed by atoms with Gasteiger partial charge >= 0.3 is 0 Å². The van der Waals surface area contributed by atoms with Gasteiger partial charge in [0.25, 0.3) is 0 Å². The van der Waals surface area contributed by atoms with Crippen molar-refractivity contribution < 1.29 is 4.74 Å². The summed E-state index contributed by atoms with van der Waals surface area (Å²) >= 11 is 2.29. The molecular formula is C19H15IN4O. The Kier molecular flexibility index (Phi) is 5.14. The van der Waals surface area contributed by atoms with Gasteiger partial charge in [0, 0.05) is 21.5 Å². The molecule has 0 spiro atoms. The maximum Gasteiger partial charge on any atom is 0.230 e. The molecule has 0 saturated heterocycles. The molecule has 0 unspecified atom stereocenters. The number of aryl methyl sites for hydroxylation is 2. The molecule has 0 fully saturated rings. The van der Waals surface area contributed by atoms with Crippen LogP contribution in [0.5, 0.6) is 11.6 Å². The van der Waals surface area contributed by atoms with Crippen LogP contribution in [0.3, 0.4) is 0 Å². The van der Waals surface area contributed by atoms with E-state index in [0.29, 0.717) is 17.4 Å². The molecular weight excluding hydrogens is 427 g/mol. The van der Waals surface area contributed by atoms with E-state index < -0.39 is 0 Å². The lowest BCUT2D eigenvalue weighted by atomic mass is 10.1. The van der Waals surface area contributed by atoms with Crippen LogP contribution in [-0.2, 0) is 0 Å². The van der Waals surface area contributed by atoms with Crippen LogP contribution in [0.2, 0.25) is 0 Å². The third-order valence-corrected chi connectivity index (χ3v) is 4.15. The van der Waals surface area contributed by atoms with Crippen molar-refractivity contribution in [1.29, 1.82) is 5.26 Å². The van der Waals surface area contributed by atoms with E-state index >= 15 is 0 Å². The molecule has 0 amide bonds. The fourth-order valence-electron chi connectivity index (χ4n) is 2.38. The van der Waals surface area contributed by atoms with E-state index in [1.165, 1.54) is 3.57 Å². The molecule has 1 N–H and O–H groups in total. The molecule has 0 aliphatic carbocycles. The number of halogens is 1. The van der Waals surface area contributed by atoms with E-state index in [9.17, 15) is 0 Å². The zero-order valence-corrected chi connectivity index (χ0v) is 15.9. The molecule has 0 saturated carbocycles. The fraction of sp³-hybridized carbons (Fsp3) is 0.105. The van der Waals surface area contributed by atoms with Crippen molar-refractivity contribution in [3.8, 4) is 17.7 Å². The quantitative estimate of drug-likeness (QED) is 0.569. The van der Waals surface area contributed by atoms with Gasteiger partial charge in [0.1, 0.15) is 5.75 Å². The molecule has 0 bridgehead atoms. The first kappa shape index (κ1) is 17.2. The third-order valence-electron chi connectivity index (χ3n) is 3.53. The lowest BCUT2D eigenvalue weighted by molar-refractivity contribution is 0.455. The largest absolute Gasteiger partial charge is 0.438 e. The molecule has 2 aromatic carbocycles. The number of aromatic nitrogens is 2. The Bertz CT molecular complexity index is 925. The van der Waals surface area contributed by atoms with Crippen LogP contribution in [0, 0.1) is 28.7 Å².